The van der Waals surface area contributed by atoms with E-state index in [1.807, 2.05) is 0 Å². The SMILES string of the molecule is CCCCN(C)C(=O)c1ccc(S(=O)(=O)NCc2ccc(Cl)cc2)cc1. The summed E-state index contributed by atoms with van der Waals surface area (Å²) >= 11 is 5.82. The number of carbonyl (C=O) groups excluding carboxylic acids is 1. The van der Waals surface area contributed by atoms with Crippen LogP contribution in [0.4, 0.5) is 0 Å². The molecule has 0 fully saturated rings. The number of sulfonamides is 1. The molecule has 26 heavy (non-hydrogen) atoms. The van der Waals surface area contributed by atoms with Crippen molar-refractivity contribution in [2.45, 2.75) is 31.2 Å². The molecule has 0 saturated carbocycles. The second-order valence-corrected chi connectivity index (χ2v) is 8.26. The van der Waals surface area contributed by atoms with E-state index < -0.39 is 10.0 Å². The van der Waals surface area contributed by atoms with Gasteiger partial charge in [0.2, 0.25) is 10.0 Å². The van der Waals surface area contributed by atoms with Gasteiger partial charge in [-0.3, -0.25) is 4.79 Å². The quantitative estimate of drug-likeness (QED) is 0.742. The van der Waals surface area contributed by atoms with Gasteiger partial charge in [-0.15, -0.1) is 0 Å². The minimum Gasteiger partial charge on any atom is -0.342 e. The van der Waals surface area contributed by atoms with E-state index in [2.05, 4.69) is 11.6 Å². The first-order chi connectivity index (χ1) is 12.3. The molecule has 140 valence electrons. The van der Waals surface area contributed by atoms with Gasteiger partial charge in [-0.05, 0) is 48.4 Å². The Morgan fingerprint density at radius 2 is 1.69 bits per heavy atom. The lowest BCUT2D eigenvalue weighted by Gasteiger charge is -2.17. The highest BCUT2D eigenvalue weighted by molar-refractivity contribution is 7.89. The third-order valence-electron chi connectivity index (χ3n) is 3.98. The van der Waals surface area contributed by atoms with Gasteiger partial charge in [-0.1, -0.05) is 37.1 Å². The first kappa shape index (κ1) is 20.4. The second-order valence-electron chi connectivity index (χ2n) is 6.06. The van der Waals surface area contributed by atoms with Gasteiger partial charge in [0, 0.05) is 30.7 Å². The molecular formula is C19H23ClN2O3S. The number of carbonyl (C=O) groups is 1. The third-order valence-corrected chi connectivity index (χ3v) is 5.65. The molecule has 2 rings (SSSR count). The van der Waals surface area contributed by atoms with Crippen LogP contribution in [0.3, 0.4) is 0 Å². The predicted octanol–water partition coefficient (Wildman–Crippen LogP) is 3.69. The number of nitrogens with zero attached hydrogens (tertiary/aromatic N) is 1. The van der Waals surface area contributed by atoms with Gasteiger partial charge in [-0.25, -0.2) is 13.1 Å². The van der Waals surface area contributed by atoms with Crippen LogP contribution in [-0.2, 0) is 16.6 Å². The summed E-state index contributed by atoms with van der Waals surface area (Å²) in [5, 5.41) is 0.598. The number of halogens is 1. The van der Waals surface area contributed by atoms with E-state index in [1.54, 1.807) is 48.3 Å². The molecular weight excluding hydrogens is 372 g/mol. The van der Waals surface area contributed by atoms with E-state index in [9.17, 15) is 13.2 Å². The molecule has 7 heteroatoms. The monoisotopic (exact) mass is 394 g/mol. The highest BCUT2D eigenvalue weighted by Gasteiger charge is 2.16. The molecule has 0 aliphatic rings. The lowest BCUT2D eigenvalue weighted by molar-refractivity contribution is 0.0793. The average Bonchev–Trinajstić information content (AvgIpc) is 2.65. The van der Waals surface area contributed by atoms with Crippen LogP contribution in [0.2, 0.25) is 5.02 Å². The number of nitrogens with one attached hydrogen (secondary N) is 1. The maximum absolute atomic E-state index is 12.4. The van der Waals surface area contributed by atoms with Crippen LogP contribution in [0.15, 0.2) is 53.4 Å². The van der Waals surface area contributed by atoms with Gasteiger partial charge in [0.25, 0.3) is 5.91 Å². The molecule has 0 bridgehead atoms. The summed E-state index contributed by atoms with van der Waals surface area (Å²) < 4.78 is 27.3. The van der Waals surface area contributed by atoms with Gasteiger partial charge in [0.05, 0.1) is 4.90 Å². The molecule has 0 unspecified atom stereocenters. The van der Waals surface area contributed by atoms with Crippen LogP contribution < -0.4 is 4.72 Å². The summed E-state index contributed by atoms with van der Waals surface area (Å²) in [6.45, 7) is 2.91. The van der Waals surface area contributed by atoms with E-state index in [0.717, 1.165) is 18.4 Å². The number of hydrogen-bond donors (Lipinski definition) is 1. The van der Waals surface area contributed by atoms with Crippen molar-refractivity contribution in [1.29, 1.82) is 0 Å². The van der Waals surface area contributed by atoms with Crippen LogP contribution in [0.25, 0.3) is 0 Å². The Kier molecular flexibility index (Phi) is 7.20. The molecule has 2 aromatic carbocycles. The smallest absolute Gasteiger partial charge is 0.253 e. The molecule has 0 saturated heterocycles. The first-order valence-corrected chi connectivity index (χ1v) is 10.3. The summed E-state index contributed by atoms with van der Waals surface area (Å²) in [5.74, 6) is -0.114. The number of rotatable bonds is 8. The Hall–Kier alpha value is -1.89. The second kappa shape index (κ2) is 9.16. The molecule has 0 spiro atoms. The van der Waals surface area contributed by atoms with Gasteiger partial charge >= 0.3 is 0 Å². The highest BCUT2D eigenvalue weighted by Crippen LogP contribution is 2.14. The van der Waals surface area contributed by atoms with E-state index in [4.69, 9.17) is 11.6 Å². The fraction of sp³-hybridized carbons (Fsp3) is 0.316. The van der Waals surface area contributed by atoms with E-state index in [1.165, 1.54) is 12.1 Å². The zero-order chi connectivity index (χ0) is 19.2. The molecule has 0 radical (unpaired) electrons. The lowest BCUT2D eigenvalue weighted by Crippen LogP contribution is -2.28. The fourth-order valence-electron chi connectivity index (χ4n) is 2.36. The van der Waals surface area contributed by atoms with Gasteiger partial charge in [0.1, 0.15) is 0 Å². The molecule has 5 nitrogen and oxygen atoms in total. The lowest BCUT2D eigenvalue weighted by atomic mass is 10.2. The van der Waals surface area contributed by atoms with Crippen molar-refractivity contribution in [3.8, 4) is 0 Å². The minimum atomic E-state index is -3.65. The van der Waals surface area contributed by atoms with Crippen LogP contribution in [0.5, 0.6) is 0 Å². The Morgan fingerprint density at radius 3 is 2.27 bits per heavy atom. The number of benzene rings is 2. The van der Waals surface area contributed by atoms with Gasteiger partial charge < -0.3 is 4.90 Å². The summed E-state index contributed by atoms with van der Waals surface area (Å²) in [7, 11) is -1.91. The molecule has 1 N–H and O–H groups in total. The first-order valence-electron chi connectivity index (χ1n) is 8.43. The van der Waals surface area contributed by atoms with E-state index in [0.29, 0.717) is 17.1 Å². The fourth-order valence-corrected chi connectivity index (χ4v) is 3.50. The Bertz CT molecular complexity index is 834. The van der Waals surface area contributed by atoms with Crippen molar-refractivity contribution in [3.05, 3.63) is 64.7 Å². The van der Waals surface area contributed by atoms with Gasteiger partial charge in [0.15, 0.2) is 0 Å². The van der Waals surface area contributed by atoms with Crippen molar-refractivity contribution in [2.24, 2.45) is 0 Å². The molecule has 2 aromatic rings. The van der Waals surface area contributed by atoms with Crippen LogP contribution in [0, 0.1) is 0 Å². The van der Waals surface area contributed by atoms with Crippen molar-refractivity contribution >= 4 is 27.5 Å². The summed E-state index contributed by atoms with van der Waals surface area (Å²) in [6.07, 6.45) is 1.94. The molecule has 0 aliphatic heterocycles. The van der Waals surface area contributed by atoms with Crippen LogP contribution in [0.1, 0.15) is 35.7 Å². The Labute approximate surface area is 160 Å². The molecule has 0 atom stereocenters. The molecule has 0 heterocycles. The molecule has 0 aliphatic carbocycles. The topological polar surface area (TPSA) is 66.5 Å². The normalized spacial score (nSPS) is 11.3. The maximum atomic E-state index is 12.4. The summed E-state index contributed by atoms with van der Waals surface area (Å²) in [4.78, 5) is 14.1. The largest absolute Gasteiger partial charge is 0.342 e. The van der Waals surface area contributed by atoms with Crippen LogP contribution >= 0.6 is 11.6 Å². The van der Waals surface area contributed by atoms with Crippen molar-refractivity contribution in [2.75, 3.05) is 13.6 Å². The highest BCUT2D eigenvalue weighted by atomic mass is 35.5. The van der Waals surface area contributed by atoms with Crippen LogP contribution in [-0.4, -0.2) is 32.8 Å². The summed E-state index contributed by atoms with van der Waals surface area (Å²) in [6, 6.07) is 12.9. The van der Waals surface area contributed by atoms with Crippen molar-refractivity contribution in [1.82, 2.24) is 9.62 Å². The average molecular weight is 395 g/mol. The predicted molar refractivity (Wildman–Crippen MR) is 104 cm³/mol. The molecule has 1 amide bonds. The third kappa shape index (κ3) is 5.56. The van der Waals surface area contributed by atoms with Crippen molar-refractivity contribution in [3.63, 3.8) is 0 Å². The van der Waals surface area contributed by atoms with Gasteiger partial charge in [-0.2, -0.15) is 0 Å². The van der Waals surface area contributed by atoms with E-state index in [-0.39, 0.29) is 17.3 Å². The Balaban J connectivity index is 2.03. The number of unbranched alkanes of at least 4 members (excludes halogenated alkanes) is 1. The molecule has 0 aromatic heterocycles. The summed E-state index contributed by atoms with van der Waals surface area (Å²) in [5.41, 5.74) is 1.28. The van der Waals surface area contributed by atoms with E-state index >= 15 is 0 Å². The number of amides is 1. The maximum Gasteiger partial charge on any atom is 0.253 e. The standard InChI is InChI=1S/C19H23ClN2O3S/c1-3-4-13-22(2)19(23)16-7-11-18(12-8-16)26(24,25)21-14-15-5-9-17(20)10-6-15/h5-12,21H,3-4,13-14H2,1-2H3. The zero-order valence-electron chi connectivity index (χ0n) is 14.9. The zero-order valence-corrected chi connectivity index (χ0v) is 16.5. The number of hydrogen-bond acceptors (Lipinski definition) is 3. The van der Waals surface area contributed by atoms with Crippen molar-refractivity contribution < 1.29 is 13.2 Å². The minimum absolute atomic E-state index is 0.114. The Morgan fingerprint density at radius 1 is 1.08 bits per heavy atom.